The number of hydrogen-bond acceptors (Lipinski definition) is 5. The number of halogens is 1. The molecule has 1 aromatic carbocycles. The summed E-state index contributed by atoms with van der Waals surface area (Å²) in [6.45, 7) is 6.28. The molecule has 0 N–H and O–H groups in total. The standard InChI is InChI=1S/C19H28ClN3O3S/c1-15(19(24)21(2)18-7-12-27(25,26)14-18)23-10-8-22(9-11-23)13-16-3-5-17(20)6-4-16/h3-6,15,18H,7-14H2,1-2H3/t15-,18+/m0/s1. The molecule has 0 radical (unpaired) electrons. The van der Waals surface area contributed by atoms with Gasteiger partial charge in [0.05, 0.1) is 17.5 Å². The Morgan fingerprint density at radius 2 is 1.85 bits per heavy atom. The predicted octanol–water partition coefficient (Wildman–Crippen LogP) is 1.49. The third-order valence-electron chi connectivity index (χ3n) is 5.74. The lowest BCUT2D eigenvalue weighted by atomic mass is 10.1. The average molecular weight is 414 g/mol. The van der Waals surface area contributed by atoms with Crippen LogP contribution in [-0.2, 0) is 21.2 Å². The van der Waals surface area contributed by atoms with Crippen LogP contribution in [-0.4, -0.2) is 85.8 Å². The van der Waals surface area contributed by atoms with Crippen LogP contribution in [0.2, 0.25) is 5.02 Å². The Balaban J connectivity index is 1.49. The highest BCUT2D eigenvalue weighted by Crippen LogP contribution is 2.19. The maximum absolute atomic E-state index is 12.8. The topological polar surface area (TPSA) is 60.9 Å². The molecule has 2 heterocycles. The van der Waals surface area contributed by atoms with Gasteiger partial charge in [0.15, 0.2) is 9.84 Å². The molecule has 2 atom stereocenters. The van der Waals surface area contributed by atoms with Crippen molar-refractivity contribution in [1.29, 1.82) is 0 Å². The van der Waals surface area contributed by atoms with Crippen molar-refractivity contribution in [2.75, 3.05) is 44.7 Å². The first-order chi connectivity index (χ1) is 12.7. The first kappa shape index (κ1) is 20.6. The zero-order valence-corrected chi connectivity index (χ0v) is 17.5. The molecule has 0 aliphatic carbocycles. The Kier molecular flexibility index (Phi) is 6.46. The number of benzene rings is 1. The second kappa shape index (κ2) is 8.47. The van der Waals surface area contributed by atoms with Crippen LogP contribution < -0.4 is 0 Å². The van der Waals surface area contributed by atoms with Gasteiger partial charge in [0.1, 0.15) is 0 Å². The van der Waals surface area contributed by atoms with Gasteiger partial charge in [-0.1, -0.05) is 23.7 Å². The van der Waals surface area contributed by atoms with Crippen molar-refractivity contribution in [3.8, 4) is 0 Å². The quantitative estimate of drug-likeness (QED) is 0.732. The van der Waals surface area contributed by atoms with Gasteiger partial charge in [-0.05, 0) is 31.0 Å². The molecule has 0 unspecified atom stereocenters. The van der Waals surface area contributed by atoms with E-state index in [0.717, 1.165) is 37.7 Å². The Hall–Kier alpha value is -1.15. The third kappa shape index (κ3) is 5.22. The number of carbonyl (C=O) groups is 1. The van der Waals surface area contributed by atoms with Crippen molar-refractivity contribution < 1.29 is 13.2 Å². The fourth-order valence-electron chi connectivity index (χ4n) is 3.87. The summed E-state index contributed by atoms with van der Waals surface area (Å²) < 4.78 is 23.4. The summed E-state index contributed by atoms with van der Waals surface area (Å²) in [7, 11) is -1.25. The molecule has 2 saturated heterocycles. The number of amides is 1. The molecule has 150 valence electrons. The number of hydrogen-bond donors (Lipinski definition) is 0. The number of rotatable bonds is 5. The second-order valence-electron chi connectivity index (χ2n) is 7.62. The van der Waals surface area contributed by atoms with Crippen molar-refractivity contribution in [3.63, 3.8) is 0 Å². The highest BCUT2D eigenvalue weighted by Gasteiger charge is 2.35. The molecule has 8 heteroatoms. The fourth-order valence-corrected chi connectivity index (χ4v) is 5.77. The van der Waals surface area contributed by atoms with Crippen LogP contribution in [0, 0.1) is 0 Å². The number of carbonyl (C=O) groups excluding carboxylic acids is 1. The van der Waals surface area contributed by atoms with Crippen molar-refractivity contribution in [3.05, 3.63) is 34.9 Å². The Labute approximate surface area is 167 Å². The summed E-state index contributed by atoms with van der Waals surface area (Å²) in [6, 6.07) is 7.50. The lowest BCUT2D eigenvalue weighted by Crippen LogP contribution is -2.55. The minimum atomic E-state index is -2.99. The lowest BCUT2D eigenvalue weighted by Gasteiger charge is -2.39. The molecule has 0 spiro atoms. The van der Waals surface area contributed by atoms with Crippen LogP contribution in [0.15, 0.2) is 24.3 Å². The molecule has 2 aliphatic rings. The summed E-state index contributed by atoms with van der Waals surface area (Å²) in [4.78, 5) is 19.0. The molecule has 0 bridgehead atoms. The van der Waals surface area contributed by atoms with Gasteiger partial charge in [0, 0.05) is 50.8 Å². The number of sulfone groups is 1. The molecular formula is C19H28ClN3O3S. The first-order valence-corrected chi connectivity index (χ1v) is 11.6. The van der Waals surface area contributed by atoms with Gasteiger partial charge in [-0.15, -0.1) is 0 Å². The third-order valence-corrected chi connectivity index (χ3v) is 7.74. The smallest absolute Gasteiger partial charge is 0.239 e. The first-order valence-electron chi connectivity index (χ1n) is 9.43. The van der Waals surface area contributed by atoms with Crippen LogP contribution in [0.4, 0.5) is 0 Å². The van der Waals surface area contributed by atoms with Crippen LogP contribution in [0.25, 0.3) is 0 Å². The Bertz CT molecular complexity index is 761. The summed E-state index contributed by atoms with van der Waals surface area (Å²) in [6.07, 6.45) is 0.548. The van der Waals surface area contributed by atoms with Crippen LogP contribution in [0.5, 0.6) is 0 Å². The maximum Gasteiger partial charge on any atom is 0.239 e. The molecule has 2 aliphatic heterocycles. The molecule has 0 saturated carbocycles. The van der Waals surface area contributed by atoms with E-state index in [2.05, 4.69) is 9.80 Å². The fraction of sp³-hybridized carbons (Fsp3) is 0.632. The van der Waals surface area contributed by atoms with Gasteiger partial charge < -0.3 is 4.90 Å². The van der Waals surface area contributed by atoms with Gasteiger partial charge in [-0.25, -0.2) is 8.42 Å². The SMILES string of the molecule is C[C@@H](C(=O)N(C)[C@@H]1CCS(=O)(=O)C1)N1CCN(Cc2ccc(Cl)cc2)CC1. The normalized spacial score (nSPS) is 24.6. The molecule has 2 fully saturated rings. The van der Waals surface area contributed by atoms with E-state index in [4.69, 9.17) is 11.6 Å². The lowest BCUT2D eigenvalue weighted by molar-refractivity contribution is -0.137. The molecule has 0 aromatic heterocycles. The van der Waals surface area contributed by atoms with E-state index >= 15 is 0 Å². The Morgan fingerprint density at radius 3 is 2.41 bits per heavy atom. The number of likely N-dealkylation sites (N-methyl/N-ethyl adjacent to an activating group) is 1. The van der Waals surface area contributed by atoms with Crippen LogP contribution >= 0.6 is 11.6 Å². The summed E-state index contributed by atoms with van der Waals surface area (Å²) >= 11 is 5.94. The van der Waals surface area contributed by atoms with Gasteiger partial charge >= 0.3 is 0 Å². The maximum atomic E-state index is 12.8. The zero-order valence-electron chi connectivity index (χ0n) is 16.0. The summed E-state index contributed by atoms with van der Waals surface area (Å²) in [5, 5.41) is 0.745. The van der Waals surface area contributed by atoms with Gasteiger partial charge in [0.2, 0.25) is 5.91 Å². The Morgan fingerprint density at radius 1 is 1.22 bits per heavy atom. The number of nitrogens with zero attached hydrogens (tertiary/aromatic N) is 3. The van der Waals surface area contributed by atoms with Crippen LogP contribution in [0.3, 0.4) is 0 Å². The van der Waals surface area contributed by atoms with E-state index in [9.17, 15) is 13.2 Å². The van der Waals surface area contributed by atoms with E-state index in [0.29, 0.717) is 6.42 Å². The van der Waals surface area contributed by atoms with E-state index in [1.807, 2.05) is 31.2 Å². The van der Waals surface area contributed by atoms with Gasteiger partial charge in [-0.2, -0.15) is 0 Å². The molecule has 1 aromatic rings. The van der Waals surface area contributed by atoms with E-state index in [-0.39, 0.29) is 29.5 Å². The highest BCUT2D eigenvalue weighted by atomic mass is 35.5. The molecule has 6 nitrogen and oxygen atoms in total. The predicted molar refractivity (Wildman–Crippen MR) is 108 cm³/mol. The van der Waals surface area contributed by atoms with Gasteiger partial charge in [-0.3, -0.25) is 14.6 Å². The van der Waals surface area contributed by atoms with Gasteiger partial charge in [0.25, 0.3) is 0 Å². The largest absolute Gasteiger partial charge is 0.340 e. The van der Waals surface area contributed by atoms with Crippen molar-refractivity contribution in [1.82, 2.24) is 14.7 Å². The molecule has 1 amide bonds. The van der Waals surface area contributed by atoms with E-state index < -0.39 is 9.84 Å². The van der Waals surface area contributed by atoms with Crippen molar-refractivity contribution >= 4 is 27.3 Å². The number of piperazine rings is 1. The average Bonchev–Trinajstić information content (AvgIpc) is 3.02. The minimum absolute atomic E-state index is 0.0169. The van der Waals surface area contributed by atoms with E-state index in [1.165, 1.54) is 5.56 Å². The van der Waals surface area contributed by atoms with E-state index in [1.54, 1.807) is 11.9 Å². The summed E-state index contributed by atoms with van der Waals surface area (Å²) in [5.41, 5.74) is 1.24. The highest BCUT2D eigenvalue weighted by molar-refractivity contribution is 7.91. The molecular weight excluding hydrogens is 386 g/mol. The summed E-state index contributed by atoms with van der Waals surface area (Å²) in [5.74, 6) is 0.299. The van der Waals surface area contributed by atoms with Crippen LogP contribution in [0.1, 0.15) is 18.9 Å². The minimum Gasteiger partial charge on any atom is -0.340 e. The monoisotopic (exact) mass is 413 g/mol. The molecule has 27 heavy (non-hydrogen) atoms. The zero-order chi connectivity index (χ0) is 19.6. The van der Waals surface area contributed by atoms with Crippen molar-refractivity contribution in [2.24, 2.45) is 0 Å². The second-order valence-corrected chi connectivity index (χ2v) is 10.3. The molecule has 3 rings (SSSR count). The van der Waals surface area contributed by atoms with Crippen molar-refractivity contribution in [2.45, 2.75) is 32.0 Å².